The Morgan fingerprint density at radius 2 is 2.12 bits per heavy atom. The number of hydrogen-bond donors (Lipinski definition) is 0. The third kappa shape index (κ3) is 1.30. The maximum Gasteiger partial charge on any atom is 0.255 e. The van der Waals surface area contributed by atoms with Crippen LogP contribution >= 0.6 is 0 Å². The van der Waals surface area contributed by atoms with Crippen LogP contribution in [0.5, 0.6) is 0 Å². The number of alkyl halides is 2. The zero-order valence-corrected chi connectivity index (χ0v) is 9.82. The van der Waals surface area contributed by atoms with E-state index in [-0.39, 0.29) is 31.7 Å². The van der Waals surface area contributed by atoms with Gasteiger partial charge in [-0.05, 0) is 38.1 Å². The normalized spacial score (nSPS) is 53.3. The highest BCUT2D eigenvalue weighted by atomic mass is 19.3. The van der Waals surface area contributed by atoms with Crippen molar-refractivity contribution in [3.63, 3.8) is 0 Å². The summed E-state index contributed by atoms with van der Waals surface area (Å²) in [6.45, 7) is 1.80. The molecule has 0 aromatic rings. The molecule has 1 spiro atoms. The fourth-order valence-electron chi connectivity index (χ4n) is 3.48. The molecule has 0 aromatic heterocycles. The zero-order chi connectivity index (χ0) is 15.2. The van der Waals surface area contributed by atoms with Gasteiger partial charge in [-0.1, -0.05) is 13.8 Å². The summed E-state index contributed by atoms with van der Waals surface area (Å²) >= 11 is 0. The summed E-state index contributed by atoms with van der Waals surface area (Å²) in [7, 11) is 0. The summed E-state index contributed by atoms with van der Waals surface area (Å²) in [4.78, 5) is 1.43. The summed E-state index contributed by atoms with van der Waals surface area (Å²) in [5, 5.41) is 0. The van der Waals surface area contributed by atoms with Gasteiger partial charge in [0.15, 0.2) is 0 Å². The van der Waals surface area contributed by atoms with E-state index in [0.717, 1.165) is 0 Å². The lowest BCUT2D eigenvalue weighted by Crippen LogP contribution is -2.39. The zero-order valence-electron chi connectivity index (χ0n) is 13.8. The number of fused-ring (bicyclic) bond motifs is 1. The Labute approximate surface area is 102 Å². The molecular formula is C13H21F2N. The molecule has 2 atom stereocenters. The molecule has 0 bridgehead atoms. The quantitative estimate of drug-likeness (QED) is 0.707. The lowest BCUT2D eigenvalue weighted by Gasteiger charge is -2.33. The fourth-order valence-corrected chi connectivity index (χ4v) is 3.48. The Hall–Kier alpha value is -0.180. The lowest BCUT2D eigenvalue weighted by molar-refractivity contribution is 0.0654. The van der Waals surface area contributed by atoms with Crippen molar-refractivity contribution in [1.82, 2.24) is 4.90 Å². The van der Waals surface area contributed by atoms with E-state index in [4.69, 9.17) is 5.48 Å². The Balaban J connectivity index is 2.04. The predicted octanol–water partition coefficient (Wildman–Crippen LogP) is 3.30. The molecule has 16 heavy (non-hydrogen) atoms. The van der Waals surface area contributed by atoms with Crippen LogP contribution in [0.25, 0.3) is 0 Å². The third-order valence-electron chi connectivity index (χ3n) is 4.22. The van der Waals surface area contributed by atoms with Crippen molar-refractivity contribution < 1.29 is 14.3 Å². The molecule has 2 heterocycles. The molecule has 3 rings (SSSR count). The SMILES string of the molecule is [2H]C1([2H])CC[C@@]2(C([2H])([2H])C(C)C)C[C@]3(CN12)CC3(F)F. The average molecular weight is 233 g/mol. The van der Waals surface area contributed by atoms with Gasteiger partial charge in [-0.3, -0.25) is 4.90 Å². The van der Waals surface area contributed by atoms with Gasteiger partial charge in [0, 0.05) is 24.0 Å². The molecular weight excluding hydrogens is 208 g/mol. The van der Waals surface area contributed by atoms with Crippen LogP contribution in [0.1, 0.15) is 51.4 Å². The van der Waals surface area contributed by atoms with E-state index in [1.54, 1.807) is 13.8 Å². The first-order chi connectivity index (χ1) is 8.90. The Kier molecular flexibility index (Phi) is 1.36. The van der Waals surface area contributed by atoms with Crippen LogP contribution in [0.3, 0.4) is 0 Å². The number of hydrogen-bond acceptors (Lipinski definition) is 1. The van der Waals surface area contributed by atoms with E-state index >= 15 is 0 Å². The van der Waals surface area contributed by atoms with E-state index in [9.17, 15) is 8.78 Å². The van der Waals surface area contributed by atoms with Crippen LogP contribution in [0, 0.1) is 11.3 Å². The second kappa shape index (κ2) is 2.98. The minimum atomic E-state index is -2.76. The van der Waals surface area contributed by atoms with Gasteiger partial charge in [0.2, 0.25) is 0 Å². The van der Waals surface area contributed by atoms with Crippen LogP contribution in [0.15, 0.2) is 0 Å². The highest BCUT2D eigenvalue weighted by Crippen LogP contribution is 2.70. The maximum absolute atomic E-state index is 13.7. The van der Waals surface area contributed by atoms with Crippen LogP contribution < -0.4 is 0 Å². The van der Waals surface area contributed by atoms with Gasteiger partial charge in [0.05, 0.1) is 5.41 Å². The Morgan fingerprint density at radius 1 is 1.44 bits per heavy atom. The van der Waals surface area contributed by atoms with Gasteiger partial charge in [-0.15, -0.1) is 0 Å². The molecule has 0 unspecified atom stereocenters. The standard InChI is InChI=1S/C13H21F2N/c1-10(2)6-12-4-3-5-16(12)9-11(7-12)8-13(11,14)15/h10H,3-9H2,1-2H3/t11-,12-/m1/s1/i5D2,6D2. The number of halogens is 2. The van der Waals surface area contributed by atoms with Gasteiger partial charge in [-0.2, -0.15) is 0 Å². The van der Waals surface area contributed by atoms with Crippen molar-refractivity contribution in [3.8, 4) is 0 Å². The summed E-state index contributed by atoms with van der Waals surface area (Å²) in [6.07, 6.45) is -1.26. The van der Waals surface area contributed by atoms with Crippen molar-refractivity contribution in [2.75, 3.05) is 13.0 Å². The van der Waals surface area contributed by atoms with Crippen molar-refractivity contribution in [1.29, 1.82) is 0 Å². The van der Waals surface area contributed by atoms with Gasteiger partial charge in [-0.25, -0.2) is 8.78 Å². The molecule has 1 saturated carbocycles. The molecule has 1 nitrogen and oxygen atoms in total. The van der Waals surface area contributed by atoms with Gasteiger partial charge < -0.3 is 0 Å². The van der Waals surface area contributed by atoms with Crippen LogP contribution in [0.4, 0.5) is 8.78 Å². The fraction of sp³-hybridized carbons (Fsp3) is 1.00. The van der Waals surface area contributed by atoms with E-state index in [2.05, 4.69) is 0 Å². The molecule has 0 amide bonds. The summed E-state index contributed by atoms with van der Waals surface area (Å²) in [5.41, 5.74) is -2.27. The first-order valence-corrected chi connectivity index (χ1v) is 6.06. The van der Waals surface area contributed by atoms with Crippen molar-refractivity contribution in [2.24, 2.45) is 11.3 Å². The van der Waals surface area contributed by atoms with E-state index in [1.165, 1.54) is 4.90 Å². The molecule has 0 aromatic carbocycles. The smallest absolute Gasteiger partial charge is 0.255 e. The molecule has 2 aliphatic heterocycles. The largest absolute Gasteiger partial charge is 0.297 e. The van der Waals surface area contributed by atoms with Gasteiger partial charge in [0.25, 0.3) is 5.92 Å². The third-order valence-corrected chi connectivity index (χ3v) is 4.22. The second-order valence-corrected chi connectivity index (χ2v) is 5.91. The minimum Gasteiger partial charge on any atom is -0.297 e. The highest BCUT2D eigenvalue weighted by molar-refractivity contribution is 5.22. The average Bonchev–Trinajstić information content (AvgIpc) is 2.57. The first-order valence-electron chi connectivity index (χ1n) is 8.06. The first kappa shape index (κ1) is 7.30. The second-order valence-electron chi connectivity index (χ2n) is 5.91. The van der Waals surface area contributed by atoms with Crippen LogP contribution in [-0.2, 0) is 0 Å². The summed E-state index contributed by atoms with van der Waals surface area (Å²) in [6, 6.07) is 0. The molecule has 1 aliphatic carbocycles. The van der Waals surface area contributed by atoms with Crippen LogP contribution in [0.2, 0.25) is 0 Å². The van der Waals surface area contributed by atoms with E-state index < -0.39 is 29.7 Å². The lowest BCUT2D eigenvalue weighted by atomic mass is 9.82. The molecule has 0 radical (unpaired) electrons. The van der Waals surface area contributed by atoms with Crippen molar-refractivity contribution in [3.05, 3.63) is 0 Å². The molecule has 3 aliphatic rings. The molecule has 0 N–H and O–H groups in total. The topological polar surface area (TPSA) is 3.24 Å². The predicted molar refractivity (Wildman–Crippen MR) is 59.6 cm³/mol. The highest BCUT2D eigenvalue weighted by Gasteiger charge is 2.76. The Morgan fingerprint density at radius 3 is 2.69 bits per heavy atom. The van der Waals surface area contributed by atoms with Crippen molar-refractivity contribution in [2.45, 2.75) is 57.4 Å². The summed E-state index contributed by atoms with van der Waals surface area (Å²) < 4.78 is 60.5. The number of rotatable bonds is 2. The molecule has 3 heteroatoms. The minimum absolute atomic E-state index is 0.0147. The maximum atomic E-state index is 13.7. The Bertz CT molecular complexity index is 454. The van der Waals surface area contributed by atoms with E-state index in [1.807, 2.05) is 0 Å². The van der Waals surface area contributed by atoms with E-state index in [0.29, 0.717) is 6.42 Å². The number of nitrogens with zero attached hydrogens (tertiary/aromatic N) is 1. The molecule has 92 valence electrons. The van der Waals surface area contributed by atoms with Gasteiger partial charge >= 0.3 is 0 Å². The van der Waals surface area contributed by atoms with Gasteiger partial charge in [0.1, 0.15) is 0 Å². The summed E-state index contributed by atoms with van der Waals surface area (Å²) in [5.74, 6) is -3.09. The van der Waals surface area contributed by atoms with Crippen LogP contribution in [-0.4, -0.2) is 29.4 Å². The molecule has 3 fully saturated rings. The molecule has 2 saturated heterocycles. The van der Waals surface area contributed by atoms with Crippen molar-refractivity contribution >= 4 is 0 Å². The monoisotopic (exact) mass is 233 g/mol.